The predicted octanol–water partition coefficient (Wildman–Crippen LogP) is 3.62. The van der Waals surface area contributed by atoms with Crippen molar-refractivity contribution in [1.29, 1.82) is 5.26 Å². The van der Waals surface area contributed by atoms with Gasteiger partial charge in [-0.25, -0.2) is 4.79 Å². The van der Waals surface area contributed by atoms with Crippen LogP contribution < -0.4 is 5.32 Å². The average Bonchev–Trinajstić information content (AvgIpc) is 2.38. The zero-order valence-electron chi connectivity index (χ0n) is 11.3. The maximum Gasteiger partial charge on any atom is 0.335 e. The summed E-state index contributed by atoms with van der Waals surface area (Å²) >= 11 is 0. The van der Waals surface area contributed by atoms with Crippen molar-refractivity contribution in [3.63, 3.8) is 0 Å². The van der Waals surface area contributed by atoms with Gasteiger partial charge in [-0.3, -0.25) is 0 Å². The van der Waals surface area contributed by atoms with Gasteiger partial charge in [0.15, 0.2) is 0 Å². The quantitative estimate of drug-likeness (QED) is 0.889. The van der Waals surface area contributed by atoms with Crippen molar-refractivity contribution in [2.45, 2.75) is 13.8 Å². The second-order valence-electron chi connectivity index (χ2n) is 4.62. The molecule has 0 amide bonds. The number of hydrogen-bond acceptors (Lipinski definition) is 3. The van der Waals surface area contributed by atoms with Gasteiger partial charge in [-0.05, 0) is 55.3 Å². The fourth-order valence-electron chi connectivity index (χ4n) is 2.00. The number of rotatable bonds is 3. The van der Waals surface area contributed by atoms with Gasteiger partial charge < -0.3 is 10.4 Å². The Labute approximate surface area is 117 Å². The largest absolute Gasteiger partial charge is 0.478 e. The molecule has 2 N–H and O–H groups in total. The minimum absolute atomic E-state index is 0.278. The standard InChI is InChI=1S/C16H14N2O2/c1-10-3-4-12(9-17)15(7-10)18-13-5-6-14(16(19)20)11(2)8-13/h3-8,18H,1-2H3,(H,19,20). The summed E-state index contributed by atoms with van der Waals surface area (Å²) in [6.07, 6.45) is 0. The number of carboxylic acids is 1. The third-order valence-electron chi connectivity index (χ3n) is 3.03. The monoisotopic (exact) mass is 266 g/mol. The Morgan fingerprint density at radius 3 is 2.55 bits per heavy atom. The summed E-state index contributed by atoms with van der Waals surface area (Å²) in [5.74, 6) is -0.942. The smallest absolute Gasteiger partial charge is 0.335 e. The number of carboxylic acid groups (broad SMARTS) is 1. The van der Waals surface area contributed by atoms with Crippen LogP contribution in [-0.2, 0) is 0 Å². The molecule has 0 saturated heterocycles. The zero-order valence-corrected chi connectivity index (χ0v) is 11.3. The number of aromatic carboxylic acids is 1. The second-order valence-corrected chi connectivity index (χ2v) is 4.62. The van der Waals surface area contributed by atoms with Crippen LogP contribution in [0.2, 0.25) is 0 Å². The number of aryl methyl sites for hydroxylation is 2. The lowest BCUT2D eigenvalue weighted by Crippen LogP contribution is -2.01. The van der Waals surface area contributed by atoms with Gasteiger partial charge in [-0.15, -0.1) is 0 Å². The lowest BCUT2D eigenvalue weighted by molar-refractivity contribution is 0.0696. The van der Waals surface area contributed by atoms with Crippen molar-refractivity contribution in [3.8, 4) is 6.07 Å². The lowest BCUT2D eigenvalue weighted by Gasteiger charge is -2.11. The molecule has 0 heterocycles. The fourth-order valence-corrected chi connectivity index (χ4v) is 2.00. The zero-order chi connectivity index (χ0) is 14.7. The number of nitrogens with one attached hydrogen (secondary N) is 1. The molecule has 20 heavy (non-hydrogen) atoms. The highest BCUT2D eigenvalue weighted by molar-refractivity contribution is 5.90. The molecule has 0 aliphatic heterocycles. The van der Waals surface area contributed by atoms with Crippen LogP contribution in [0.3, 0.4) is 0 Å². The molecule has 0 spiro atoms. The van der Waals surface area contributed by atoms with Crippen LogP contribution in [0.4, 0.5) is 11.4 Å². The first kappa shape index (κ1) is 13.6. The molecule has 4 heteroatoms. The summed E-state index contributed by atoms with van der Waals surface area (Å²) in [4.78, 5) is 11.0. The summed E-state index contributed by atoms with van der Waals surface area (Å²) in [5.41, 5.74) is 4.03. The fraction of sp³-hybridized carbons (Fsp3) is 0.125. The molecule has 2 aromatic carbocycles. The Bertz CT molecular complexity index is 715. The highest BCUT2D eigenvalue weighted by Crippen LogP contribution is 2.23. The Morgan fingerprint density at radius 1 is 1.20 bits per heavy atom. The van der Waals surface area contributed by atoms with Crippen molar-refractivity contribution in [2.24, 2.45) is 0 Å². The van der Waals surface area contributed by atoms with Gasteiger partial charge in [0, 0.05) is 5.69 Å². The molecule has 0 fully saturated rings. The van der Waals surface area contributed by atoms with E-state index in [1.807, 2.05) is 19.1 Å². The van der Waals surface area contributed by atoms with Gasteiger partial charge in [0.1, 0.15) is 6.07 Å². The van der Waals surface area contributed by atoms with E-state index in [-0.39, 0.29) is 5.56 Å². The summed E-state index contributed by atoms with van der Waals surface area (Å²) in [5, 5.41) is 21.2. The van der Waals surface area contributed by atoms with E-state index in [1.165, 1.54) is 0 Å². The van der Waals surface area contributed by atoms with E-state index in [4.69, 9.17) is 10.4 Å². The third kappa shape index (κ3) is 2.78. The van der Waals surface area contributed by atoms with E-state index in [9.17, 15) is 4.79 Å². The molecule has 0 saturated carbocycles. The van der Waals surface area contributed by atoms with E-state index in [1.54, 1.807) is 31.2 Å². The number of nitriles is 1. The summed E-state index contributed by atoms with van der Waals surface area (Å²) in [6.45, 7) is 3.70. The first-order valence-electron chi connectivity index (χ1n) is 6.13. The first-order chi connectivity index (χ1) is 9.51. The Balaban J connectivity index is 2.36. The van der Waals surface area contributed by atoms with Crippen LogP contribution in [0, 0.1) is 25.2 Å². The molecular formula is C16H14N2O2. The normalized spacial score (nSPS) is 9.85. The molecule has 0 radical (unpaired) electrons. The van der Waals surface area contributed by atoms with E-state index >= 15 is 0 Å². The molecule has 0 aliphatic rings. The van der Waals surface area contributed by atoms with Crippen LogP contribution in [0.5, 0.6) is 0 Å². The highest BCUT2D eigenvalue weighted by atomic mass is 16.4. The molecular weight excluding hydrogens is 252 g/mol. The Hall–Kier alpha value is -2.80. The minimum atomic E-state index is -0.942. The van der Waals surface area contributed by atoms with Gasteiger partial charge in [-0.2, -0.15) is 5.26 Å². The van der Waals surface area contributed by atoms with Crippen molar-refractivity contribution in [1.82, 2.24) is 0 Å². The second kappa shape index (κ2) is 5.45. The van der Waals surface area contributed by atoms with Crippen LogP contribution in [0.15, 0.2) is 36.4 Å². The maximum absolute atomic E-state index is 11.0. The molecule has 2 rings (SSSR count). The van der Waals surface area contributed by atoms with Crippen LogP contribution in [-0.4, -0.2) is 11.1 Å². The highest BCUT2D eigenvalue weighted by Gasteiger charge is 2.08. The first-order valence-corrected chi connectivity index (χ1v) is 6.13. The van der Waals surface area contributed by atoms with Gasteiger partial charge in [0.05, 0.1) is 16.8 Å². The number of anilines is 2. The number of hydrogen-bond donors (Lipinski definition) is 2. The van der Waals surface area contributed by atoms with Crippen LogP contribution in [0.25, 0.3) is 0 Å². The van der Waals surface area contributed by atoms with Crippen LogP contribution >= 0.6 is 0 Å². The van der Waals surface area contributed by atoms with Crippen molar-refractivity contribution < 1.29 is 9.90 Å². The summed E-state index contributed by atoms with van der Waals surface area (Å²) in [7, 11) is 0. The molecule has 0 aliphatic carbocycles. The minimum Gasteiger partial charge on any atom is -0.478 e. The SMILES string of the molecule is Cc1ccc(C#N)c(Nc2ccc(C(=O)O)c(C)c2)c1. The number of nitrogens with zero attached hydrogens (tertiary/aromatic N) is 1. The average molecular weight is 266 g/mol. The summed E-state index contributed by atoms with van der Waals surface area (Å²) < 4.78 is 0. The Morgan fingerprint density at radius 2 is 1.95 bits per heavy atom. The van der Waals surface area contributed by atoms with Crippen molar-refractivity contribution in [3.05, 3.63) is 58.7 Å². The molecule has 0 aromatic heterocycles. The molecule has 0 unspecified atom stereocenters. The van der Waals surface area contributed by atoms with Crippen molar-refractivity contribution >= 4 is 17.3 Å². The molecule has 0 bridgehead atoms. The predicted molar refractivity (Wildman–Crippen MR) is 77.3 cm³/mol. The molecule has 2 aromatic rings. The topological polar surface area (TPSA) is 73.1 Å². The summed E-state index contributed by atoms with van der Waals surface area (Å²) in [6, 6.07) is 12.7. The van der Waals surface area contributed by atoms with E-state index in [0.717, 1.165) is 16.9 Å². The van der Waals surface area contributed by atoms with Gasteiger partial charge in [-0.1, -0.05) is 6.07 Å². The van der Waals surface area contributed by atoms with Crippen LogP contribution in [0.1, 0.15) is 27.0 Å². The molecule has 4 nitrogen and oxygen atoms in total. The molecule has 100 valence electrons. The van der Waals surface area contributed by atoms with Gasteiger partial charge in [0.2, 0.25) is 0 Å². The van der Waals surface area contributed by atoms with Crippen molar-refractivity contribution in [2.75, 3.05) is 5.32 Å². The maximum atomic E-state index is 11.0. The van der Waals surface area contributed by atoms with Gasteiger partial charge in [0.25, 0.3) is 0 Å². The van der Waals surface area contributed by atoms with E-state index < -0.39 is 5.97 Å². The molecule has 0 atom stereocenters. The lowest BCUT2D eigenvalue weighted by atomic mass is 10.1. The third-order valence-corrected chi connectivity index (χ3v) is 3.03. The number of benzene rings is 2. The van der Waals surface area contributed by atoms with Gasteiger partial charge >= 0.3 is 5.97 Å². The van der Waals surface area contributed by atoms with E-state index in [2.05, 4.69) is 11.4 Å². The number of carbonyl (C=O) groups is 1. The Kier molecular flexibility index (Phi) is 3.72. The van der Waals surface area contributed by atoms with E-state index in [0.29, 0.717) is 11.1 Å².